The Morgan fingerprint density at radius 3 is 2.82 bits per heavy atom. The van der Waals surface area contributed by atoms with Gasteiger partial charge in [0.05, 0.1) is 11.7 Å². The number of nitrogens with zero attached hydrogens (tertiary/aromatic N) is 2. The number of hydrogen-bond acceptors (Lipinski definition) is 4. The zero-order valence-electron chi connectivity index (χ0n) is 12.8. The molecule has 0 spiro atoms. The number of rotatable bonds is 5. The van der Waals surface area contributed by atoms with Crippen molar-refractivity contribution in [2.75, 3.05) is 19.7 Å². The fraction of sp³-hybridized carbons (Fsp3) is 0.562. The van der Waals surface area contributed by atoms with Crippen LogP contribution in [-0.4, -0.2) is 52.7 Å². The molecule has 0 saturated carbocycles. The molecule has 2 heterocycles. The molecule has 0 radical (unpaired) electrons. The van der Waals surface area contributed by atoms with Crippen LogP contribution in [0, 0.1) is 0 Å². The molecule has 22 heavy (non-hydrogen) atoms. The summed E-state index contributed by atoms with van der Waals surface area (Å²) in [5.74, 6) is -1.19. The van der Waals surface area contributed by atoms with Gasteiger partial charge >= 0.3 is 5.97 Å². The zero-order valence-corrected chi connectivity index (χ0v) is 12.8. The average Bonchev–Trinajstić information content (AvgIpc) is 2.78. The number of carbonyl (C=O) groups is 2. The lowest BCUT2D eigenvalue weighted by Gasteiger charge is -2.20. The van der Waals surface area contributed by atoms with Crippen molar-refractivity contribution in [2.24, 2.45) is 0 Å². The van der Waals surface area contributed by atoms with Crippen LogP contribution in [0.3, 0.4) is 0 Å². The van der Waals surface area contributed by atoms with E-state index in [0.717, 1.165) is 32.3 Å². The Kier molecular flexibility index (Phi) is 5.89. The van der Waals surface area contributed by atoms with Crippen molar-refractivity contribution < 1.29 is 19.4 Å². The van der Waals surface area contributed by atoms with Crippen LogP contribution in [0.4, 0.5) is 0 Å². The minimum absolute atomic E-state index is 0.0551. The topological polar surface area (TPSA) is 79.7 Å². The molecule has 0 aromatic carbocycles. The number of carboxylic acid groups (broad SMARTS) is 1. The summed E-state index contributed by atoms with van der Waals surface area (Å²) < 4.78 is 5.77. The Bertz CT molecular complexity index is 515. The smallest absolute Gasteiger partial charge is 0.354 e. The summed E-state index contributed by atoms with van der Waals surface area (Å²) >= 11 is 0. The molecule has 1 atom stereocenters. The van der Waals surface area contributed by atoms with E-state index in [2.05, 4.69) is 11.9 Å². The molecule has 1 aliphatic rings. The molecule has 0 aliphatic carbocycles. The number of aromatic carboxylic acids is 1. The zero-order chi connectivity index (χ0) is 15.9. The quantitative estimate of drug-likeness (QED) is 0.902. The fourth-order valence-electron chi connectivity index (χ4n) is 2.55. The minimum Gasteiger partial charge on any atom is -0.477 e. The lowest BCUT2D eigenvalue weighted by Crippen LogP contribution is -2.32. The summed E-state index contributed by atoms with van der Waals surface area (Å²) in [6.45, 7) is 4.21. The largest absolute Gasteiger partial charge is 0.477 e. The van der Waals surface area contributed by atoms with Crippen molar-refractivity contribution in [3.63, 3.8) is 0 Å². The Morgan fingerprint density at radius 1 is 1.36 bits per heavy atom. The van der Waals surface area contributed by atoms with Gasteiger partial charge in [0.25, 0.3) is 5.91 Å². The maximum atomic E-state index is 12.5. The first-order valence-electron chi connectivity index (χ1n) is 7.72. The van der Waals surface area contributed by atoms with Crippen LogP contribution >= 0.6 is 0 Å². The normalized spacial score (nSPS) is 18.8. The lowest BCUT2D eigenvalue weighted by molar-refractivity contribution is 0.0432. The van der Waals surface area contributed by atoms with Gasteiger partial charge in [0.15, 0.2) is 0 Å². The third-order valence-electron chi connectivity index (χ3n) is 3.75. The number of ether oxygens (including phenoxy) is 1. The number of carboxylic acids is 1. The van der Waals surface area contributed by atoms with Gasteiger partial charge in [-0.2, -0.15) is 0 Å². The maximum Gasteiger partial charge on any atom is 0.354 e. The van der Waals surface area contributed by atoms with Gasteiger partial charge in [0.2, 0.25) is 0 Å². The van der Waals surface area contributed by atoms with E-state index < -0.39 is 5.97 Å². The van der Waals surface area contributed by atoms with Crippen molar-refractivity contribution in [1.29, 1.82) is 0 Å². The maximum absolute atomic E-state index is 12.5. The molecule has 1 N–H and O–H groups in total. The molecule has 1 aliphatic heterocycles. The first-order chi connectivity index (χ1) is 10.6. The molecule has 120 valence electrons. The predicted octanol–water partition coefficient (Wildman–Crippen LogP) is 2.20. The number of amides is 1. The molecule has 6 heteroatoms. The van der Waals surface area contributed by atoms with E-state index in [-0.39, 0.29) is 17.7 Å². The fourth-order valence-corrected chi connectivity index (χ4v) is 2.55. The summed E-state index contributed by atoms with van der Waals surface area (Å²) in [4.78, 5) is 28.8. The highest BCUT2D eigenvalue weighted by Crippen LogP contribution is 2.16. The standard InChI is InChI=1S/C16H22N2O4/c1-2-10-22-13-4-3-8-18(9-7-13)15(19)12-5-6-14(16(20)21)17-11-12/h5-6,11,13H,2-4,7-10H2,1H3,(H,20,21)/t13-/m1/s1. The second kappa shape index (κ2) is 7.89. The summed E-state index contributed by atoms with van der Waals surface area (Å²) in [6.07, 6.45) is 5.29. The van der Waals surface area contributed by atoms with Crippen molar-refractivity contribution in [2.45, 2.75) is 38.7 Å². The third-order valence-corrected chi connectivity index (χ3v) is 3.75. The Labute approximate surface area is 130 Å². The number of pyridine rings is 1. The van der Waals surface area contributed by atoms with E-state index in [9.17, 15) is 9.59 Å². The number of likely N-dealkylation sites (tertiary alicyclic amines) is 1. The van der Waals surface area contributed by atoms with Crippen LogP contribution in [0.15, 0.2) is 18.3 Å². The molecule has 1 aromatic heterocycles. The SMILES string of the molecule is CCCO[C@@H]1CCCN(C(=O)c2ccc(C(=O)O)nc2)CC1. The predicted molar refractivity (Wildman–Crippen MR) is 81.0 cm³/mol. The van der Waals surface area contributed by atoms with Gasteiger partial charge in [0, 0.05) is 25.9 Å². The van der Waals surface area contributed by atoms with Crippen LogP contribution in [0.1, 0.15) is 53.5 Å². The van der Waals surface area contributed by atoms with E-state index >= 15 is 0 Å². The van der Waals surface area contributed by atoms with Gasteiger partial charge in [-0.05, 0) is 37.8 Å². The highest BCUT2D eigenvalue weighted by atomic mass is 16.5. The van der Waals surface area contributed by atoms with Crippen molar-refractivity contribution in [3.8, 4) is 0 Å². The summed E-state index contributed by atoms with van der Waals surface area (Å²) in [5.41, 5.74) is 0.373. The molecule has 6 nitrogen and oxygen atoms in total. The van der Waals surface area contributed by atoms with E-state index in [4.69, 9.17) is 9.84 Å². The first-order valence-corrected chi connectivity index (χ1v) is 7.72. The highest BCUT2D eigenvalue weighted by Gasteiger charge is 2.22. The van der Waals surface area contributed by atoms with Gasteiger partial charge in [-0.25, -0.2) is 9.78 Å². The first kappa shape index (κ1) is 16.4. The molecule has 0 bridgehead atoms. The summed E-state index contributed by atoms with van der Waals surface area (Å²) in [5, 5.41) is 8.83. The second-order valence-corrected chi connectivity index (χ2v) is 5.45. The molecule has 1 saturated heterocycles. The van der Waals surface area contributed by atoms with Gasteiger partial charge in [-0.15, -0.1) is 0 Å². The number of hydrogen-bond donors (Lipinski definition) is 1. The summed E-state index contributed by atoms with van der Waals surface area (Å²) in [6, 6.07) is 2.88. The average molecular weight is 306 g/mol. The third kappa shape index (κ3) is 4.27. The van der Waals surface area contributed by atoms with E-state index in [1.807, 2.05) is 0 Å². The second-order valence-electron chi connectivity index (χ2n) is 5.45. The van der Waals surface area contributed by atoms with Crippen LogP contribution in [0.25, 0.3) is 0 Å². The monoisotopic (exact) mass is 306 g/mol. The molecule has 1 aromatic rings. The molecular formula is C16H22N2O4. The van der Waals surface area contributed by atoms with Crippen LogP contribution in [0.5, 0.6) is 0 Å². The van der Waals surface area contributed by atoms with Gasteiger partial charge in [-0.1, -0.05) is 6.92 Å². The van der Waals surface area contributed by atoms with Gasteiger partial charge < -0.3 is 14.7 Å². The van der Waals surface area contributed by atoms with E-state index in [1.165, 1.54) is 18.3 Å². The molecule has 1 amide bonds. The van der Waals surface area contributed by atoms with Crippen molar-refractivity contribution in [3.05, 3.63) is 29.6 Å². The Hall–Kier alpha value is -1.95. The van der Waals surface area contributed by atoms with Crippen molar-refractivity contribution in [1.82, 2.24) is 9.88 Å². The molecular weight excluding hydrogens is 284 g/mol. The molecule has 1 fully saturated rings. The number of carbonyl (C=O) groups excluding carboxylic acids is 1. The molecule has 2 rings (SSSR count). The van der Waals surface area contributed by atoms with Crippen LogP contribution < -0.4 is 0 Å². The van der Waals surface area contributed by atoms with Gasteiger partial charge in [-0.3, -0.25) is 4.79 Å². The minimum atomic E-state index is -1.09. The van der Waals surface area contributed by atoms with E-state index in [0.29, 0.717) is 18.7 Å². The molecule has 0 unspecified atom stereocenters. The van der Waals surface area contributed by atoms with Crippen LogP contribution in [0.2, 0.25) is 0 Å². The van der Waals surface area contributed by atoms with Crippen molar-refractivity contribution >= 4 is 11.9 Å². The summed E-state index contributed by atoms with van der Waals surface area (Å²) in [7, 11) is 0. The highest BCUT2D eigenvalue weighted by molar-refractivity contribution is 5.94. The van der Waals surface area contributed by atoms with Crippen LogP contribution in [-0.2, 0) is 4.74 Å². The number of aromatic nitrogens is 1. The lowest BCUT2D eigenvalue weighted by atomic mass is 10.1. The van der Waals surface area contributed by atoms with Gasteiger partial charge in [0.1, 0.15) is 5.69 Å². The van der Waals surface area contributed by atoms with E-state index in [1.54, 1.807) is 4.90 Å². The Balaban J connectivity index is 1.96. The Morgan fingerprint density at radius 2 is 2.18 bits per heavy atom.